The second-order valence-electron chi connectivity index (χ2n) is 3.20. The second-order valence-corrected chi connectivity index (χ2v) is 3.20. The number of nitrogens with zero attached hydrogens (tertiary/aromatic N) is 4. The van der Waals surface area contributed by atoms with Crippen LogP contribution in [-0.2, 0) is 25.0 Å². The highest BCUT2D eigenvalue weighted by Crippen LogP contribution is 2.02. The van der Waals surface area contributed by atoms with Crippen LogP contribution in [0.5, 0.6) is 0 Å². The summed E-state index contributed by atoms with van der Waals surface area (Å²) in [7, 11) is 1.79. The van der Waals surface area contributed by atoms with Crippen molar-refractivity contribution in [1.82, 2.24) is 20.2 Å². The Hall–Kier alpha value is -1.75. The summed E-state index contributed by atoms with van der Waals surface area (Å²) < 4.78 is 7.08. The van der Waals surface area contributed by atoms with Crippen LogP contribution in [0, 0.1) is 0 Å². The molecule has 0 aliphatic rings. The Morgan fingerprint density at radius 3 is 2.67 bits per heavy atom. The van der Waals surface area contributed by atoms with Gasteiger partial charge < -0.3 is 4.74 Å². The van der Waals surface area contributed by atoms with Crippen LogP contribution in [0.1, 0.15) is 11.4 Å². The summed E-state index contributed by atoms with van der Waals surface area (Å²) in [5, 5.41) is 11.1. The van der Waals surface area contributed by atoms with E-state index in [2.05, 4.69) is 15.5 Å². The van der Waals surface area contributed by atoms with Crippen molar-refractivity contribution in [3.63, 3.8) is 0 Å². The van der Waals surface area contributed by atoms with Crippen molar-refractivity contribution >= 4 is 0 Å². The molecular weight excluding hydrogens is 192 g/mol. The lowest BCUT2D eigenvalue weighted by Gasteiger charge is -2.02. The lowest BCUT2D eigenvalue weighted by molar-refractivity contribution is 0.0992. The van der Waals surface area contributed by atoms with Gasteiger partial charge in [-0.1, -0.05) is 30.3 Å². The zero-order valence-electron chi connectivity index (χ0n) is 8.50. The van der Waals surface area contributed by atoms with Gasteiger partial charge in [0.15, 0.2) is 5.82 Å². The van der Waals surface area contributed by atoms with E-state index >= 15 is 0 Å². The highest BCUT2D eigenvalue weighted by atomic mass is 16.5. The number of aromatic nitrogens is 4. The number of hydrogen-bond donors (Lipinski definition) is 0. The Labute approximate surface area is 87.7 Å². The molecule has 5 nitrogen and oxygen atoms in total. The van der Waals surface area contributed by atoms with E-state index in [0.717, 1.165) is 11.4 Å². The van der Waals surface area contributed by atoms with Crippen molar-refractivity contribution in [2.75, 3.05) is 0 Å². The average Bonchev–Trinajstić information content (AvgIpc) is 2.66. The van der Waals surface area contributed by atoms with Crippen molar-refractivity contribution in [3.05, 3.63) is 41.7 Å². The third kappa shape index (κ3) is 2.60. The van der Waals surface area contributed by atoms with Gasteiger partial charge in [-0.15, -0.1) is 5.10 Å². The van der Waals surface area contributed by atoms with Crippen molar-refractivity contribution in [1.29, 1.82) is 0 Å². The molecule has 0 fully saturated rings. The van der Waals surface area contributed by atoms with E-state index in [1.807, 2.05) is 30.3 Å². The predicted octanol–water partition coefficient (Wildman–Crippen LogP) is 0.927. The fourth-order valence-corrected chi connectivity index (χ4v) is 1.20. The number of hydrogen-bond acceptors (Lipinski definition) is 4. The van der Waals surface area contributed by atoms with Crippen LogP contribution in [0.2, 0.25) is 0 Å². The van der Waals surface area contributed by atoms with Crippen molar-refractivity contribution < 1.29 is 4.74 Å². The zero-order valence-corrected chi connectivity index (χ0v) is 8.50. The number of ether oxygens (including phenoxy) is 1. The van der Waals surface area contributed by atoms with E-state index in [1.54, 1.807) is 11.7 Å². The molecule has 0 bridgehead atoms. The van der Waals surface area contributed by atoms with Gasteiger partial charge in [0.1, 0.15) is 6.61 Å². The van der Waals surface area contributed by atoms with E-state index in [4.69, 9.17) is 4.74 Å². The van der Waals surface area contributed by atoms with Crippen molar-refractivity contribution in [2.24, 2.45) is 7.05 Å². The van der Waals surface area contributed by atoms with Crippen LogP contribution >= 0.6 is 0 Å². The van der Waals surface area contributed by atoms with E-state index in [-0.39, 0.29) is 0 Å². The molecule has 0 N–H and O–H groups in total. The molecule has 0 aliphatic heterocycles. The normalized spacial score (nSPS) is 10.5. The topological polar surface area (TPSA) is 52.8 Å². The molecule has 0 unspecified atom stereocenters. The summed E-state index contributed by atoms with van der Waals surface area (Å²) in [6.45, 7) is 1.01. The highest BCUT2D eigenvalue weighted by Gasteiger charge is 2.01. The summed E-state index contributed by atoms with van der Waals surface area (Å²) in [5.74, 6) is 0.728. The zero-order chi connectivity index (χ0) is 10.5. The lowest BCUT2D eigenvalue weighted by Crippen LogP contribution is -2.02. The molecule has 0 atom stereocenters. The molecule has 1 heterocycles. The largest absolute Gasteiger partial charge is 0.369 e. The Morgan fingerprint density at radius 2 is 2.00 bits per heavy atom. The predicted molar refractivity (Wildman–Crippen MR) is 53.7 cm³/mol. The van der Waals surface area contributed by atoms with E-state index in [0.29, 0.717) is 13.2 Å². The molecular formula is C10H12N4O. The molecule has 0 saturated carbocycles. The fourth-order valence-electron chi connectivity index (χ4n) is 1.20. The van der Waals surface area contributed by atoms with Gasteiger partial charge in [-0.25, -0.2) is 4.68 Å². The Balaban J connectivity index is 1.83. The molecule has 0 spiro atoms. The van der Waals surface area contributed by atoms with Gasteiger partial charge in [0, 0.05) is 7.05 Å². The van der Waals surface area contributed by atoms with Crippen LogP contribution < -0.4 is 0 Å². The third-order valence-electron chi connectivity index (χ3n) is 2.05. The first-order chi connectivity index (χ1) is 7.36. The van der Waals surface area contributed by atoms with Crippen LogP contribution in [0.25, 0.3) is 0 Å². The van der Waals surface area contributed by atoms with Gasteiger partial charge in [-0.2, -0.15) is 0 Å². The van der Waals surface area contributed by atoms with Crippen LogP contribution in [0.15, 0.2) is 30.3 Å². The van der Waals surface area contributed by atoms with E-state index < -0.39 is 0 Å². The van der Waals surface area contributed by atoms with Gasteiger partial charge >= 0.3 is 0 Å². The maximum Gasteiger partial charge on any atom is 0.176 e. The standard InChI is InChI=1S/C10H12N4O/c1-14-10(11-12-13-14)8-15-7-9-5-3-2-4-6-9/h2-6H,7-8H2,1H3. The van der Waals surface area contributed by atoms with Gasteiger partial charge in [0.2, 0.25) is 0 Å². The molecule has 0 radical (unpaired) electrons. The van der Waals surface area contributed by atoms with Gasteiger partial charge in [0.25, 0.3) is 0 Å². The van der Waals surface area contributed by atoms with E-state index in [1.165, 1.54) is 0 Å². The first-order valence-corrected chi connectivity index (χ1v) is 4.69. The third-order valence-corrected chi connectivity index (χ3v) is 2.05. The molecule has 0 amide bonds. The Bertz CT molecular complexity index is 412. The lowest BCUT2D eigenvalue weighted by atomic mass is 10.2. The molecule has 5 heteroatoms. The number of benzene rings is 1. The van der Waals surface area contributed by atoms with Crippen LogP contribution in [0.3, 0.4) is 0 Å². The smallest absolute Gasteiger partial charge is 0.176 e. The first-order valence-electron chi connectivity index (χ1n) is 4.69. The average molecular weight is 204 g/mol. The summed E-state index contributed by atoms with van der Waals surface area (Å²) in [4.78, 5) is 0. The SMILES string of the molecule is Cn1nnnc1COCc1ccccc1. The Morgan fingerprint density at radius 1 is 1.20 bits per heavy atom. The molecule has 2 aromatic rings. The minimum absolute atomic E-state index is 0.429. The molecule has 15 heavy (non-hydrogen) atoms. The molecule has 0 saturated heterocycles. The molecule has 2 rings (SSSR count). The molecule has 78 valence electrons. The summed E-state index contributed by atoms with van der Waals surface area (Å²) >= 11 is 0. The van der Waals surface area contributed by atoms with Crippen LogP contribution in [-0.4, -0.2) is 20.2 Å². The van der Waals surface area contributed by atoms with Gasteiger partial charge in [-0.05, 0) is 16.0 Å². The second kappa shape index (κ2) is 4.65. The maximum atomic E-state index is 5.48. The van der Waals surface area contributed by atoms with Gasteiger partial charge in [0.05, 0.1) is 6.61 Å². The van der Waals surface area contributed by atoms with Crippen molar-refractivity contribution in [2.45, 2.75) is 13.2 Å². The fraction of sp³-hybridized carbons (Fsp3) is 0.300. The van der Waals surface area contributed by atoms with E-state index in [9.17, 15) is 0 Å². The molecule has 1 aromatic carbocycles. The monoisotopic (exact) mass is 204 g/mol. The number of tetrazole rings is 1. The first kappa shape index (κ1) is 9.79. The number of rotatable bonds is 4. The molecule has 0 aliphatic carbocycles. The Kier molecular flexibility index (Phi) is 3.04. The van der Waals surface area contributed by atoms with Gasteiger partial charge in [-0.3, -0.25) is 0 Å². The maximum absolute atomic E-state index is 5.48. The quantitative estimate of drug-likeness (QED) is 0.743. The minimum Gasteiger partial charge on any atom is -0.369 e. The summed E-state index contributed by atoms with van der Waals surface area (Å²) in [6.07, 6.45) is 0. The number of aryl methyl sites for hydroxylation is 1. The highest BCUT2D eigenvalue weighted by molar-refractivity contribution is 5.13. The molecule has 1 aromatic heterocycles. The van der Waals surface area contributed by atoms with Crippen LogP contribution in [0.4, 0.5) is 0 Å². The summed E-state index contributed by atoms with van der Waals surface area (Å²) in [6, 6.07) is 10.0. The minimum atomic E-state index is 0.429. The summed E-state index contributed by atoms with van der Waals surface area (Å²) in [5.41, 5.74) is 1.15. The van der Waals surface area contributed by atoms with Crippen molar-refractivity contribution in [3.8, 4) is 0 Å².